The lowest BCUT2D eigenvalue weighted by atomic mass is 10.3. The summed E-state index contributed by atoms with van der Waals surface area (Å²) in [5.41, 5.74) is 3.02. The highest BCUT2D eigenvalue weighted by Gasteiger charge is 2.03. The first-order valence-corrected chi connectivity index (χ1v) is 5.31. The van der Waals surface area contributed by atoms with Crippen LogP contribution < -0.4 is 4.74 Å². The summed E-state index contributed by atoms with van der Waals surface area (Å²) in [4.78, 5) is 8.53. The van der Waals surface area contributed by atoms with Gasteiger partial charge in [0.25, 0.3) is 0 Å². The second-order valence-electron chi connectivity index (χ2n) is 3.66. The van der Waals surface area contributed by atoms with Gasteiger partial charge in [-0.25, -0.2) is 9.97 Å². The van der Waals surface area contributed by atoms with Crippen LogP contribution in [-0.4, -0.2) is 21.6 Å². The molecule has 0 N–H and O–H groups in total. The van der Waals surface area contributed by atoms with E-state index in [2.05, 4.69) is 9.97 Å². The molecule has 0 saturated carbocycles. The van der Waals surface area contributed by atoms with Gasteiger partial charge in [0, 0.05) is 6.07 Å². The fourth-order valence-electron chi connectivity index (χ4n) is 1.80. The summed E-state index contributed by atoms with van der Waals surface area (Å²) in [7, 11) is 1.61. The van der Waals surface area contributed by atoms with Gasteiger partial charge in [0.1, 0.15) is 6.33 Å². The number of imidazole rings is 1. The first-order chi connectivity index (χ1) is 8.38. The molecule has 84 valence electrons. The largest absolute Gasteiger partial charge is 0.481 e. The molecule has 0 aliphatic carbocycles. The molecule has 2 aromatic heterocycles. The van der Waals surface area contributed by atoms with E-state index in [4.69, 9.17) is 4.74 Å². The number of pyridine rings is 1. The summed E-state index contributed by atoms with van der Waals surface area (Å²) >= 11 is 0. The number of hydrogen-bond acceptors (Lipinski definition) is 3. The van der Waals surface area contributed by atoms with Crippen molar-refractivity contribution in [3.8, 4) is 11.6 Å². The second-order valence-corrected chi connectivity index (χ2v) is 3.66. The summed E-state index contributed by atoms with van der Waals surface area (Å²) in [5.74, 6) is 0.609. The van der Waals surface area contributed by atoms with Gasteiger partial charge >= 0.3 is 0 Å². The maximum absolute atomic E-state index is 5.04. The third-order valence-electron chi connectivity index (χ3n) is 2.66. The van der Waals surface area contributed by atoms with Crippen molar-refractivity contribution in [2.75, 3.05) is 7.11 Å². The highest BCUT2D eigenvalue weighted by Crippen LogP contribution is 2.18. The van der Waals surface area contributed by atoms with Crippen LogP contribution in [0.1, 0.15) is 0 Å². The molecule has 0 saturated heterocycles. The van der Waals surface area contributed by atoms with Crippen LogP contribution in [-0.2, 0) is 0 Å². The number of fused-ring (bicyclic) bond motifs is 1. The molecule has 0 unspecified atom stereocenters. The van der Waals surface area contributed by atoms with Gasteiger partial charge in [-0.1, -0.05) is 12.1 Å². The lowest BCUT2D eigenvalue weighted by Gasteiger charge is -2.04. The van der Waals surface area contributed by atoms with Crippen molar-refractivity contribution in [3.05, 3.63) is 48.9 Å². The number of aromatic nitrogens is 3. The molecule has 0 radical (unpaired) electrons. The molecule has 3 aromatic rings. The Bertz CT molecular complexity index is 643. The lowest BCUT2D eigenvalue weighted by molar-refractivity contribution is 0.398. The first-order valence-electron chi connectivity index (χ1n) is 5.31. The van der Waals surface area contributed by atoms with Gasteiger partial charge in [0.05, 0.1) is 30.0 Å². The molecule has 2 heterocycles. The third-order valence-corrected chi connectivity index (χ3v) is 2.66. The molecule has 1 aromatic carbocycles. The summed E-state index contributed by atoms with van der Waals surface area (Å²) < 4.78 is 7.04. The highest BCUT2D eigenvalue weighted by atomic mass is 16.5. The number of para-hydroxylation sites is 2. The van der Waals surface area contributed by atoms with Crippen molar-refractivity contribution in [1.29, 1.82) is 0 Å². The van der Waals surface area contributed by atoms with Gasteiger partial charge in [-0.15, -0.1) is 0 Å². The van der Waals surface area contributed by atoms with E-state index in [0.717, 1.165) is 16.7 Å². The molecule has 4 nitrogen and oxygen atoms in total. The van der Waals surface area contributed by atoms with Crippen LogP contribution in [0.15, 0.2) is 48.9 Å². The quantitative estimate of drug-likeness (QED) is 0.672. The van der Waals surface area contributed by atoms with E-state index in [9.17, 15) is 0 Å². The molecule has 17 heavy (non-hydrogen) atoms. The van der Waals surface area contributed by atoms with Crippen molar-refractivity contribution in [2.45, 2.75) is 0 Å². The molecule has 0 atom stereocenters. The lowest BCUT2D eigenvalue weighted by Crippen LogP contribution is -1.94. The molecule has 0 fully saturated rings. The first kappa shape index (κ1) is 9.84. The summed E-state index contributed by atoms with van der Waals surface area (Å²) in [6.45, 7) is 0. The molecule has 3 rings (SSSR count). The van der Waals surface area contributed by atoms with Gasteiger partial charge in [-0.05, 0) is 18.2 Å². The topological polar surface area (TPSA) is 39.9 Å². The Morgan fingerprint density at radius 1 is 1.06 bits per heavy atom. The Balaban J connectivity index is 2.13. The van der Waals surface area contributed by atoms with Gasteiger partial charge in [0.2, 0.25) is 5.88 Å². The van der Waals surface area contributed by atoms with Crippen molar-refractivity contribution in [3.63, 3.8) is 0 Å². The van der Waals surface area contributed by atoms with Crippen LogP contribution in [0.25, 0.3) is 16.7 Å². The van der Waals surface area contributed by atoms with E-state index in [1.165, 1.54) is 0 Å². The molecule has 0 aliphatic heterocycles. The molecular formula is C13H11N3O. The van der Waals surface area contributed by atoms with Gasteiger partial charge in [-0.2, -0.15) is 0 Å². The zero-order valence-electron chi connectivity index (χ0n) is 9.37. The Kier molecular flexibility index (Phi) is 2.26. The Hall–Kier alpha value is -2.36. The fourth-order valence-corrected chi connectivity index (χ4v) is 1.80. The molecule has 4 heteroatoms. The number of ether oxygens (including phenoxy) is 1. The highest BCUT2D eigenvalue weighted by molar-refractivity contribution is 5.77. The van der Waals surface area contributed by atoms with Crippen LogP contribution in [0, 0.1) is 0 Å². The van der Waals surface area contributed by atoms with Gasteiger partial charge in [-0.3, -0.25) is 4.57 Å². The van der Waals surface area contributed by atoms with Gasteiger partial charge < -0.3 is 4.74 Å². The standard InChI is InChI=1S/C13H11N3O/c1-17-13-7-6-10(8-14-13)16-9-15-11-4-2-3-5-12(11)16/h2-9H,1H3. The van der Waals surface area contributed by atoms with E-state index in [-0.39, 0.29) is 0 Å². The fraction of sp³-hybridized carbons (Fsp3) is 0.0769. The second kappa shape index (κ2) is 3.90. The number of methoxy groups -OCH3 is 1. The average Bonchev–Trinajstić information content (AvgIpc) is 2.83. The number of nitrogens with zero attached hydrogens (tertiary/aromatic N) is 3. The number of benzene rings is 1. The van der Waals surface area contributed by atoms with E-state index in [1.807, 2.05) is 41.0 Å². The van der Waals surface area contributed by atoms with Crippen LogP contribution in [0.3, 0.4) is 0 Å². The van der Waals surface area contributed by atoms with E-state index >= 15 is 0 Å². The predicted octanol–water partition coefficient (Wildman–Crippen LogP) is 2.43. The minimum atomic E-state index is 0.609. The van der Waals surface area contributed by atoms with E-state index in [1.54, 1.807) is 19.6 Å². The number of rotatable bonds is 2. The maximum atomic E-state index is 5.04. The van der Waals surface area contributed by atoms with Crippen molar-refractivity contribution < 1.29 is 4.74 Å². The zero-order chi connectivity index (χ0) is 11.7. The molecule has 0 bridgehead atoms. The minimum Gasteiger partial charge on any atom is -0.481 e. The SMILES string of the molecule is COc1ccc(-n2cnc3ccccc32)cn1. The summed E-state index contributed by atoms with van der Waals surface area (Å²) in [6.07, 6.45) is 3.57. The zero-order valence-corrected chi connectivity index (χ0v) is 9.37. The predicted molar refractivity (Wildman–Crippen MR) is 65.4 cm³/mol. The minimum absolute atomic E-state index is 0.609. The van der Waals surface area contributed by atoms with Gasteiger partial charge in [0.15, 0.2) is 0 Å². The third kappa shape index (κ3) is 1.63. The summed E-state index contributed by atoms with van der Waals surface area (Å²) in [6, 6.07) is 11.8. The molecular weight excluding hydrogens is 214 g/mol. The molecule has 0 amide bonds. The smallest absolute Gasteiger partial charge is 0.213 e. The molecule has 0 aliphatic rings. The Morgan fingerprint density at radius 3 is 2.71 bits per heavy atom. The average molecular weight is 225 g/mol. The van der Waals surface area contributed by atoms with Crippen LogP contribution >= 0.6 is 0 Å². The van der Waals surface area contributed by atoms with Crippen LogP contribution in [0.2, 0.25) is 0 Å². The van der Waals surface area contributed by atoms with E-state index < -0.39 is 0 Å². The normalized spacial score (nSPS) is 10.6. The molecule has 0 spiro atoms. The van der Waals surface area contributed by atoms with Crippen molar-refractivity contribution >= 4 is 11.0 Å². The maximum Gasteiger partial charge on any atom is 0.213 e. The van der Waals surface area contributed by atoms with Crippen molar-refractivity contribution in [2.24, 2.45) is 0 Å². The van der Waals surface area contributed by atoms with Crippen LogP contribution in [0.5, 0.6) is 5.88 Å². The van der Waals surface area contributed by atoms with E-state index in [0.29, 0.717) is 5.88 Å². The number of hydrogen-bond donors (Lipinski definition) is 0. The monoisotopic (exact) mass is 225 g/mol. The van der Waals surface area contributed by atoms with Crippen molar-refractivity contribution in [1.82, 2.24) is 14.5 Å². The Labute approximate surface area is 98.5 Å². The van der Waals surface area contributed by atoms with Crippen LogP contribution in [0.4, 0.5) is 0 Å². The summed E-state index contributed by atoms with van der Waals surface area (Å²) in [5, 5.41) is 0. The Morgan fingerprint density at radius 2 is 1.94 bits per heavy atom.